The van der Waals surface area contributed by atoms with E-state index in [9.17, 15) is 18.8 Å². The van der Waals surface area contributed by atoms with Gasteiger partial charge in [-0.1, -0.05) is 18.2 Å². The zero-order valence-corrected chi connectivity index (χ0v) is 25.5. The quantitative estimate of drug-likeness (QED) is 0.139. The van der Waals surface area contributed by atoms with Gasteiger partial charge in [0.25, 0.3) is 5.91 Å². The maximum Gasteiger partial charge on any atom is 0.251 e. The Labute approximate surface area is 269 Å². The average molecular weight is 652 g/mol. The van der Waals surface area contributed by atoms with Crippen LogP contribution < -0.4 is 25.8 Å². The largest absolute Gasteiger partial charge is 0.488 e. The first-order valence-electron chi connectivity index (χ1n) is 13.8. The number of halogens is 2. The second-order valence-electron chi connectivity index (χ2n) is 10.0. The lowest BCUT2D eigenvalue weighted by Crippen LogP contribution is -2.48. The third-order valence-corrected chi connectivity index (χ3v) is 7.84. The molecule has 13 heteroatoms. The monoisotopic (exact) mass is 651 g/mol. The average Bonchev–Trinajstić information content (AvgIpc) is 3.69. The summed E-state index contributed by atoms with van der Waals surface area (Å²) in [6.45, 7) is -0.0380. The number of hydrogen-bond acceptors (Lipinski definition) is 7. The number of benzene rings is 3. The number of nitrogen functional groups attached to an aromatic ring is 1. The van der Waals surface area contributed by atoms with Crippen molar-refractivity contribution in [2.24, 2.45) is 5.73 Å². The molecule has 1 aliphatic rings. The van der Waals surface area contributed by atoms with Crippen LogP contribution in [-0.2, 0) is 16.1 Å². The number of ether oxygens (including phenoxy) is 2. The molecule has 1 aromatic heterocycles. The Morgan fingerprint density at radius 1 is 0.933 bits per heavy atom. The first-order chi connectivity index (χ1) is 21.2. The molecular formula is C32H31ClFN5O5S. The molecule has 2 atom stereocenters. The Bertz CT molecular complexity index is 1640. The molecule has 0 aliphatic carbocycles. The van der Waals surface area contributed by atoms with Gasteiger partial charge in [-0.05, 0) is 66.7 Å². The molecule has 5 rings (SSSR count). The van der Waals surface area contributed by atoms with Gasteiger partial charge in [0, 0.05) is 27.8 Å². The van der Waals surface area contributed by atoms with Crippen LogP contribution in [0.25, 0.3) is 0 Å². The summed E-state index contributed by atoms with van der Waals surface area (Å²) < 4.78 is 25.1. The molecule has 3 amide bonds. The van der Waals surface area contributed by atoms with E-state index in [1.165, 1.54) is 40.5 Å². The maximum atomic E-state index is 13.4. The number of carbonyl (C=O) groups is 3. The van der Waals surface area contributed by atoms with Crippen LogP contribution in [0, 0.1) is 11.2 Å². The Kier molecular flexibility index (Phi) is 11.1. The molecule has 0 bridgehead atoms. The lowest BCUT2D eigenvalue weighted by molar-refractivity contribution is -0.137. The summed E-state index contributed by atoms with van der Waals surface area (Å²) in [5.74, 6) is -0.140. The van der Waals surface area contributed by atoms with E-state index in [1.807, 2.05) is 30.3 Å². The molecule has 1 unspecified atom stereocenters. The molecule has 234 valence electrons. The van der Waals surface area contributed by atoms with Gasteiger partial charge in [0.15, 0.2) is 0 Å². The van der Waals surface area contributed by atoms with E-state index in [-0.39, 0.29) is 50.2 Å². The van der Waals surface area contributed by atoms with E-state index in [0.717, 1.165) is 4.88 Å². The van der Waals surface area contributed by atoms with Crippen LogP contribution in [-0.4, -0.2) is 53.7 Å². The SMILES string of the molecule is Cl.N=C(N)c1csc(CNC(=O)C2C[C@H](Oc3ccc(F)cc3)CN2C(=O)CNC(=O)c2ccc(Oc3ccccc3)cc2)c1. The summed E-state index contributed by atoms with van der Waals surface area (Å²) in [7, 11) is 0. The summed E-state index contributed by atoms with van der Waals surface area (Å²) in [5.41, 5.74) is 6.44. The predicted molar refractivity (Wildman–Crippen MR) is 171 cm³/mol. The molecule has 1 aliphatic heterocycles. The van der Waals surface area contributed by atoms with Crippen LogP contribution in [0.2, 0.25) is 0 Å². The number of para-hydroxylation sites is 1. The van der Waals surface area contributed by atoms with Crippen LogP contribution in [0.4, 0.5) is 4.39 Å². The molecule has 1 fully saturated rings. The number of amidine groups is 1. The molecule has 3 aromatic carbocycles. The molecule has 5 N–H and O–H groups in total. The number of hydrogen-bond donors (Lipinski definition) is 4. The fourth-order valence-corrected chi connectivity index (χ4v) is 5.50. The minimum atomic E-state index is -0.855. The molecule has 0 radical (unpaired) electrons. The minimum Gasteiger partial charge on any atom is -0.488 e. The smallest absolute Gasteiger partial charge is 0.251 e. The normalized spacial score (nSPS) is 15.4. The van der Waals surface area contributed by atoms with E-state index in [2.05, 4.69) is 10.6 Å². The van der Waals surface area contributed by atoms with Crippen molar-refractivity contribution in [1.29, 1.82) is 5.41 Å². The Morgan fingerprint density at radius 2 is 1.60 bits per heavy atom. The number of nitrogens with one attached hydrogen (secondary N) is 3. The van der Waals surface area contributed by atoms with Crippen LogP contribution >= 0.6 is 23.7 Å². The van der Waals surface area contributed by atoms with Crippen molar-refractivity contribution in [3.05, 3.63) is 112 Å². The standard InChI is InChI=1S/C32H30FN5O5S.ClH/c33-22-8-12-25(13-9-22)43-26-15-28(32(41)36-16-27-14-21(19-44-27)30(34)35)38(18-26)29(39)17-37-31(40)20-6-10-24(11-7-20)42-23-4-2-1-3-5-23;/h1-14,19,26,28H,15-18H2,(H3,34,35)(H,36,41)(H,37,40);1H/t26-,28?;/m0./s1. The lowest BCUT2D eigenvalue weighted by Gasteiger charge is -2.23. The first-order valence-corrected chi connectivity index (χ1v) is 14.7. The minimum absolute atomic E-state index is 0. The highest BCUT2D eigenvalue weighted by Crippen LogP contribution is 2.25. The van der Waals surface area contributed by atoms with Gasteiger partial charge >= 0.3 is 0 Å². The van der Waals surface area contributed by atoms with E-state index in [1.54, 1.807) is 35.7 Å². The third kappa shape index (κ3) is 8.80. The maximum absolute atomic E-state index is 13.4. The van der Waals surface area contributed by atoms with Crippen molar-refractivity contribution < 1.29 is 28.2 Å². The highest BCUT2D eigenvalue weighted by atomic mass is 35.5. The fourth-order valence-electron chi connectivity index (χ4n) is 4.68. The van der Waals surface area contributed by atoms with E-state index in [0.29, 0.717) is 28.4 Å². The Morgan fingerprint density at radius 3 is 2.27 bits per heavy atom. The van der Waals surface area contributed by atoms with E-state index in [4.69, 9.17) is 20.6 Å². The Hall–Kier alpha value is -4.94. The van der Waals surface area contributed by atoms with Gasteiger partial charge in [0.2, 0.25) is 11.8 Å². The molecule has 2 heterocycles. The summed E-state index contributed by atoms with van der Waals surface area (Å²) in [5, 5.41) is 14.8. The summed E-state index contributed by atoms with van der Waals surface area (Å²) in [6, 6.07) is 22.1. The van der Waals surface area contributed by atoms with Crippen molar-refractivity contribution >= 4 is 47.3 Å². The van der Waals surface area contributed by atoms with Crippen LogP contribution in [0.3, 0.4) is 0 Å². The van der Waals surface area contributed by atoms with Crippen molar-refractivity contribution in [2.75, 3.05) is 13.1 Å². The molecule has 4 aromatic rings. The van der Waals surface area contributed by atoms with Gasteiger partial charge in [-0.3, -0.25) is 19.8 Å². The van der Waals surface area contributed by atoms with Gasteiger partial charge in [0.1, 0.15) is 41.0 Å². The van der Waals surface area contributed by atoms with Crippen LogP contribution in [0.1, 0.15) is 27.2 Å². The summed E-state index contributed by atoms with van der Waals surface area (Å²) >= 11 is 1.36. The summed E-state index contributed by atoms with van der Waals surface area (Å²) in [4.78, 5) is 41.6. The van der Waals surface area contributed by atoms with Crippen LogP contribution in [0.15, 0.2) is 90.3 Å². The number of nitrogens with zero attached hydrogens (tertiary/aromatic N) is 1. The third-order valence-electron chi connectivity index (χ3n) is 6.90. The van der Waals surface area contributed by atoms with Gasteiger partial charge in [-0.25, -0.2) is 4.39 Å². The predicted octanol–water partition coefficient (Wildman–Crippen LogP) is 4.48. The topological polar surface area (TPSA) is 147 Å². The van der Waals surface area contributed by atoms with E-state index >= 15 is 0 Å². The van der Waals surface area contributed by atoms with Crippen LogP contribution in [0.5, 0.6) is 17.2 Å². The second kappa shape index (κ2) is 15.2. The number of amides is 3. The van der Waals surface area contributed by atoms with Crippen molar-refractivity contribution in [1.82, 2.24) is 15.5 Å². The summed E-state index contributed by atoms with van der Waals surface area (Å²) in [6.07, 6.45) is -0.325. The Balaban J connectivity index is 0.00000461. The molecule has 45 heavy (non-hydrogen) atoms. The molecule has 10 nitrogen and oxygen atoms in total. The van der Waals surface area contributed by atoms with Gasteiger partial charge in [-0.2, -0.15) is 0 Å². The number of likely N-dealkylation sites (tertiary alicyclic amines) is 1. The zero-order chi connectivity index (χ0) is 31.1. The number of nitrogens with two attached hydrogens (primary N) is 1. The van der Waals surface area contributed by atoms with E-state index < -0.39 is 29.8 Å². The second-order valence-corrected chi connectivity index (χ2v) is 11.0. The van der Waals surface area contributed by atoms with Gasteiger partial charge < -0.3 is 30.7 Å². The fraction of sp³-hybridized carbons (Fsp3) is 0.188. The number of thiophene rings is 1. The molecule has 1 saturated heterocycles. The first kappa shape index (κ1) is 33.0. The van der Waals surface area contributed by atoms with Gasteiger partial charge in [0.05, 0.1) is 19.6 Å². The van der Waals surface area contributed by atoms with Crippen molar-refractivity contribution in [2.45, 2.75) is 25.1 Å². The number of rotatable bonds is 11. The van der Waals surface area contributed by atoms with Gasteiger partial charge in [-0.15, -0.1) is 23.7 Å². The lowest BCUT2D eigenvalue weighted by atomic mass is 10.1. The highest BCUT2D eigenvalue weighted by molar-refractivity contribution is 7.10. The number of carbonyl (C=O) groups excluding carboxylic acids is 3. The molecule has 0 saturated carbocycles. The molecule has 0 spiro atoms. The van der Waals surface area contributed by atoms with Crippen molar-refractivity contribution in [3.8, 4) is 17.2 Å². The molecular weight excluding hydrogens is 621 g/mol. The van der Waals surface area contributed by atoms with Crippen molar-refractivity contribution in [3.63, 3.8) is 0 Å². The highest BCUT2D eigenvalue weighted by Gasteiger charge is 2.40. The zero-order valence-electron chi connectivity index (χ0n) is 23.9.